The van der Waals surface area contributed by atoms with E-state index >= 15 is 0 Å². The number of H-pyrrole nitrogens is 1. The summed E-state index contributed by atoms with van der Waals surface area (Å²) in [6, 6.07) is 1.20. The van der Waals surface area contributed by atoms with Gasteiger partial charge in [0.25, 0.3) is 11.4 Å². The molecule has 45 heavy (non-hydrogen) atoms. The number of nitrogens with one attached hydrogen (secondary N) is 1. The second-order valence-corrected chi connectivity index (χ2v) is 11.4. The van der Waals surface area contributed by atoms with Gasteiger partial charge in [-0.3, -0.25) is 14.6 Å². The number of pyridine rings is 1. The van der Waals surface area contributed by atoms with Crippen molar-refractivity contribution in [2.24, 2.45) is 5.73 Å². The highest BCUT2D eigenvalue weighted by Gasteiger charge is 2.70. The number of aryl methyl sites for hydroxylation is 1. The number of fused-ring (bicyclic) bond motifs is 3. The summed E-state index contributed by atoms with van der Waals surface area (Å²) < 4.78 is 82.0. The Labute approximate surface area is 250 Å². The fourth-order valence-electron chi connectivity index (χ4n) is 6.43. The monoisotopic (exact) mass is 636 g/mol. The minimum absolute atomic E-state index is 0.0311. The average molecular weight is 637 g/mol. The second kappa shape index (κ2) is 10.2. The Balaban J connectivity index is 1.38. The lowest BCUT2D eigenvalue weighted by atomic mass is 9.85. The Morgan fingerprint density at radius 1 is 1.00 bits per heavy atom. The molecule has 0 aromatic carbocycles. The SMILES string of the molecule is CC(=O)c1c(C2CC3CCC(C2)N3C(=O)c2nnc(C)[nH]2)nc2c(-c3ccc(C(N)(C(F)(F)F)C(F)(F)F)nc3)cnn2c1N. The highest BCUT2D eigenvalue weighted by Crippen LogP contribution is 2.48. The maximum atomic E-state index is 13.5. The van der Waals surface area contributed by atoms with Crippen LogP contribution < -0.4 is 11.5 Å². The third kappa shape index (κ3) is 4.69. The molecule has 0 aliphatic carbocycles. The molecule has 1 amide bonds. The van der Waals surface area contributed by atoms with Gasteiger partial charge in [-0.05, 0) is 45.6 Å². The van der Waals surface area contributed by atoms with Crippen molar-refractivity contribution in [2.75, 3.05) is 5.73 Å². The van der Waals surface area contributed by atoms with Crippen LogP contribution in [0.1, 0.15) is 76.7 Å². The van der Waals surface area contributed by atoms with Crippen molar-refractivity contribution in [2.45, 2.75) is 75.4 Å². The fraction of sp³-hybridized carbons (Fsp3) is 0.444. The number of nitrogens with two attached hydrogens (primary N) is 2. The van der Waals surface area contributed by atoms with E-state index in [1.807, 2.05) is 0 Å². The molecule has 2 aliphatic rings. The quantitative estimate of drug-likeness (QED) is 0.217. The van der Waals surface area contributed by atoms with Crippen molar-refractivity contribution >= 4 is 23.2 Å². The first-order valence-corrected chi connectivity index (χ1v) is 13.8. The second-order valence-electron chi connectivity index (χ2n) is 11.4. The number of amides is 1. The number of alkyl halides is 6. The molecule has 0 spiro atoms. The first-order valence-electron chi connectivity index (χ1n) is 13.8. The van der Waals surface area contributed by atoms with Crippen molar-refractivity contribution in [1.82, 2.24) is 39.7 Å². The van der Waals surface area contributed by atoms with Crippen LogP contribution in [-0.2, 0) is 5.54 Å². The van der Waals surface area contributed by atoms with Crippen LogP contribution in [0, 0.1) is 6.92 Å². The Bertz CT molecular complexity index is 1790. The highest BCUT2D eigenvalue weighted by molar-refractivity contribution is 6.00. The lowest BCUT2D eigenvalue weighted by molar-refractivity contribution is -0.303. The van der Waals surface area contributed by atoms with Crippen LogP contribution in [0.15, 0.2) is 24.5 Å². The largest absolute Gasteiger partial charge is 0.421 e. The predicted molar refractivity (Wildman–Crippen MR) is 145 cm³/mol. The summed E-state index contributed by atoms with van der Waals surface area (Å²) in [4.78, 5) is 38.9. The van der Waals surface area contributed by atoms with E-state index in [-0.39, 0.29) is 63.7 Å². The smallest absolute Gasteiger partial charge is 0.383 e. The van der Waals surface area contributed by atoms with Crippen molar-refractivity contribution < 1.29 is 35.9 Å². The molecule has 6 rings (SSSR count). The van der Waals surface area contributed by atoms with Gasteiger partial charge in [-0.1, -0.05) is 6.07 Å². The number of halogens is 6. The molecule has 2 bridgehead atoms. The van der Waals surface area contributed by atoms with Crippen LogP contribution in [-0.4, -0.2) is 75.8 Å². The molecule has 4 aromatic rings. The number of nitrogens with zero attached hydrogens (tertiary/aromatic N) is 7. The number of carbonyl (C=O) groups excluding carboxylic acids is 2. The van der Waals surface area contributed by atoms with E-state index in [1.165, 1.54) is 17.6 Å². The number of hydrogen-bond acceptors (Lipinski definition) is 9. The third-order valence-electron chi connectivity index (χ3n) is 8.59. The lowest BCUT2D eigenvalue weighted by Gasteiger charge is -2.38. The van der Waals surface area contributed by atoms with E-state index in [9.17, 15) is 35.9 Å². The lowest BCUT2D eigenvalue weighted by Crippen LogP contribution is -2.61. The van der Waals surface area contributed by atoms with Crippen LogP contribution in [0.25, 0.3) is 16.8 Å². The first kappa shape index (κ1) is 30.4. The summed E-state index contributed by atoms with van der Waals surface area (Å²) in [7, 11) is 0. The molecule has 2 saturated heterocycles. The van der Waals surface area contributed by atoms with Gasteiger partial charge in [-0.15, -0.1) is 10.2 Å². The van der Waals surface area contributed by atoms with Gasteiger partial charge < -0.3 is 21.4 Å². The van der Waals surface area contributed by atoms with Gasteiger partial charge in [-0.2, -0.15) is 36.0 Å². The van der Waals surface area contributed by atoms with E-state index in [1.54, 1.807) is 11.8 Å². The number of ketones is 1. The number of anilines is 1. The molecule has 5 N–H and O–H groups in total. The summed E-state index contributed by atoms with van der Waals surface area (Å²) in [6.45, 7) is 3.02. The number of piperidine rings is 1. The number of hydrogen-bond donors (Lipinski definition) is 3. The molecule has 2 aliphatic heterocycles. The Morgan fingerprint density at radius 2 is 1.64 bits per heavy atom. The Morgan fingerprint density at radius 3 is 2.16 bits per heavy atom. The topological polar surface area (TPSA) is 174 Å². The van der Waals surface area contributed by atoms with Crippen LogP contribution in [0.2, 0.25) is 0 Å². The van der Waals surface area contributed by atoms with Gasteiger partial charge in [0.05, 0.1) is 23.1 Å². The minimum atomic E-state index is -5.87. The van der Waals surface area contributed by atoms with Crippen molar-refractivity contribution in [1.29, 1.82) is 0 Å². The number of aromatic amines is 1. The molecule has 4 aromatic heterocycles. The molecule has 0 radical (unpaired) electrons. The van der Waals surface area contributed by atoms with E-state index in [2.05, 4.69) is 25.3 Å². The van der Waals surface area contributed by atoms with Crippen LogP contribution >= 0.6 is 0 Å². The van der Waals surface area contributed by atoms with Gasteiger partial charge in [0.15, 0.2) is 11.4 Å². The Hall–Kier alpha value is -4.61. The summed E-state index contributed by atoms with van der Waals surface area (Å²) in [5, 5.41) is 12.0. The first-order chi connectivity index (χ1) is 21.0. The van der Waals surface area contributed by atoms with E-state index in [4.69, 9.17) is 16.5 Å². The minimum Gasteiger partial charge on any atom is -0.383 e. The fourth-order valence-corrected chi connectivity index (χ4v) is 6.43. The normalized spacial score (nSPS) is 20.6. The van der Waals surface area contributed by atoms with E-state index in [0.29, 0.717) is 30.4 Å². The molecule has 238 valence electrons. The average Bonchev–Trinajstić information content (AvgIpc) is 3.66. The molecule has 2 atom stereocenters. The van der Waals surface area contributed by atoms with Crippen LogP contribution in [0.5, 0.6) is 0 Å². The van der Waals surface area contributed by atoms with Gasteiger partial charge >= 0.3 is 12.4 Å². The van der Waals surface area contributed by atoms with Gasteiger partial charge in [0, 0.05) is 35.3 Å². The molecule has 2 fully saturated rings. The summed E-state index contributed by atoms with van der Waals surface area (Å²) in [5.74, 6) is -0.337. The molecule has 0 saturated carbocycles. The summed E-state index contributed by atoms with van der Waals surface area (Å²) in [5.41, 5.74) is 6.08. The molecular formula is C27H26F6N10O2. The standard InChI is InChI=1S/C27H26F6N10O2/c1-11(44)19-20(14-7-15-4-5-16(8-14)42(15)24(45)22-38-12(2)40-41-22)39-23-17(10-37-43(23)21(19)34)13-3-6-18(36-9-13)25(35,26(28,29)30)27(31,32)33/h3,6,9-10,14-16H,4-5,7-8,34-35H2,1-2H3,(H,38,40,41). The zero-order chi connectivity index (χ0) is 32.6. The highest BCUT2D eigenvalue weighted by atomic mass is 19.4. The maximum Gasteiger partial charge on any atom is 0.421 e. The maximum absolute atomic E-state index is 13.5. The van der Waals surface area contributed by atoms with Crippen LogP contribution in [0.3, 0.4) is 0 Å². The van der Waals surface area contributed by atoms with Crippen molar-refractivity contribution in [3.8, 4) is 11.1 Å². The summed E-state index contributed by atoms with van der Waals surface area (Å²) >= 11 is 0. The number of rotatable bonds is 5. The van der Waals surface area contributed by atoms with Gasteiger partial charge in [0.1, 0.15) is 11.6 Å². The molecule has 18 heteroatoms. The Kier molecular flexibility index (Phi) is 6.90. The van der Waals surface area contributed by atoms with Gasteiger partial charge in [0.2, 0.25) is 5.82 Å². The van der Waals surface area contributed by atoms with E-state index < -0.39 is 23.6 Å². The number of Topliss-reactive ketones (excluding diaryl/α,β-unsaturated/α-hetero) is 1. The predicted octanol–water partition coefficient (Wildman–Crippen LogP) is 3.83. The number of carbonyl (C=O) groups is 2. The van der Waals surface area contributed by atoms with Crippen molar-refractivity contribution in [3.05, 3.63) is 53.1 Å². The number of aromatic nitrogens is 7. The van der Waals surface area contributed by atoms with E-state index in [0.717, 1.165) is 25.1 Å². The summed E-state index contributed by atoms with van der Waals surface area (Å²) in [6.07, 6.45) is -7.27. The molecule has 12 nitrogen and oxygen atoms in total. The zero-order valence-electron chi connectivity index (χ0n) is 23.7. The molecular weight excluding hydrogens is 610 g/mol. The molecule has 2 unspecified atom stereocenters. The number of nitrogen functional groups attached to an aromatic ring is 1. The third-order valence-corrected chi connectivity index (χ3v) is 8.59. The molecule has 6 heterocycles. The van der Waals surface area contributed by atoms with Gasteiger partial charge in [-0.25, -0.2) is 4.98 Å². The zero-order valence-corrected chi connectivity index (χ0v) is 23.7. The van der Waals surface area contributed by atoms with Crippen molar-refractivity contribution in [3.63, 3.8) is 0 Å². The van der Waals surface area contributed by atoms with Crippen LogP contribution in [0.4, 0.5) is 32.2 Å².